The van der Waals surface area contributed by atoms with Crippen LogP contribution in [0.4, 0.5) is 0 Å². The van der Waals surface area contributed by atoms with Crippen molar-refractivity contribution in [3.05, 3.63) is 108 Å². The standard InChI is InChI=1S/C36H47N/c1-8-23-36(24-9-2,31-15-13-12-14-16-31)28(5)37-26-22-33-34(6,27-37)25-21-32(35(33,7)11-4)30-19-17-29(10-3)18-20-30/h10,12-22H,3,5,8-9,11,23-27H2,1-2,4,6-7H3. The second-order valence-electron chi connectivity index (χ2n) is 11.8. The first-order valence-corrected chi connectivity index (χ1v) is 14.4. The van der Waals surface area contributed by atoms with Gasteiger partial charge in [0.05, 0.1) is 0 Å². The molecule has 0 saturated heterocycles. The quantitative estimate of drug-likeness (QED) is 0.298. The molecule has 2 unspecified atom stereocenters. The van der Waals surface area contributed by atoms with Crippen LogP contribution in [0.25, 0.3) is 11.6 Å². The average molecular weight is 494 g/mol. The molecule has 1 aliphatic carbocycles. The highest BCUT2D eigenvalue weighted by Crippen LogP contribution is 2.58. The van der Waals surface area contributed by atoms with Crippen molar-refractivity contribution in [2.24, 2.45) is 10.8 Å². The lowest BCUT2D eigenvalue weighted by atomic mass is 9.56. The van der Waals surface area contributed by atoms with Crippen molar-refractivity contribution in [1.82, 2.24) is 4.90 Å². The Kier molecular flexibility index (Phi) is 8.02. The van der Waals surface area contributed by atoms with E-state index < -0.39 is 0 Å². The molecule has 0 fully saturated rings. The normalized spacial score (nSPS) is 23.6. The van der Waals surface area contributed by atoms with E-state index in [0.29, 0.717) is 0 Å². The average Bonchev–Trinajstić information content (AvgIpc) is 2.92. The molecule has 196 valence electrons. The monoisotopic (exact) mass is 493 g/mol. The fourth-order valence-corrected chi connectivity index (χ4v) is 7.39. The summed E-state index contributed by atoms with van der Waals surface area (Å²) in [5, 5.41) is 0. The predicted octanol–water partition coefficient (Wildman–Crippen LogP) is 9.83. The minimum Gasteiger partial charge on any atom is -0.370 e. The molecule has 0 aromatic heterocycles. The lowest BCUT2D eigenvalue weighted by Gasteiger charge is -2.54. The van der Waals surface area contributed by atoms with E-state index in [9.17, 15) is 0 Å². The van der Waals surface area contributed by atoms with Gasteiger partial charge in [-0.3, -0.25) is 0 Å². The number of benzene rings is 2. The Hall–Kier alpha value is -2.80. The Bertz CT molecular complexity index is 1160. The molecule has 1 heterocycles. The third-order valence-electron chi connectivity index (χ3n) is 9.43. The number of hydrogen-bond donors (Lipinski definition) is 0. The SMILES string of the molecule is C=Cc1ccc(C2=CCC3(C)CN(C(=C)C(CCC)(CCC)c4ccccc4)CC=C3C2(C)CC)cc1. The zero-order valence-electron chi connectivity index (χ0n) is 23.9. The molecular weight excluding hydrogens is 446 g/mol. The second kappa shape index (κ2) is 10.9. The lowest BCUT2D eigenvalue weighted by molar-refractivity contribution is 0.167. The summed E-state index contributed by atoms with van der Waals surface area (Å²) in [6.07, 6.45) is 13.8. The van der Waals surface area contributed by atoms with Gasteiger partial charge < -0.3 is 4.90 Å². The topological polar surface area (TPSA) is 3.24 Å². The second-order valence-corrected chi connectivity index (χ2v) is 11.8. The van der Waals surface area contributed by atoms with Crippen LogP contribution in [-0.4, -0.2) is 18.0 Å². The molecule has 1 heteroatoms. The van der Waals surface area contributed by atoms with Gasteiger partial charge in [-0.1, -0.05) is 139 Å². The molecule has 0 spiro atoms. The predicted molar refractivity (Wildman–Crippen MR) is 162 cm³/mol. The molecule has 1 aliphatic heterocycles. The number of hydrogen-bond acceptors (Lipinski definition) is 1. The van der Waals surface area contributed by atoms with Crippen molar-refractivity contribution in [2.45, 2.75) is 78.6 Å². The Morgan fingerprint density at radius 3 is 2.16 bits per heavy atom. The van der Waals surface area contributed by atoms with E-state index in [4.69, 9.17) is 6.58 Å². The van der Waals surface area contributed by atoms with Crippen molar-refractivity contribution >= 4 is 11.6 Å². The molecule has 0 N–H and O–H groups in total. The molecule has 0 radical (unpaired) electrons. The van der Waals surface area contributed by atoms with Gasteiger partial charge in [-0.05, 0) is 47.9 Å². The van der Waals surface area contributed by atoms with Crippen LogP contribution in [0.15, 0.2) is 91.2 Å². The minimum absolute atomic E-state index is 0.00306. The highest BCUT2D eigenvalue weighted by Gasteiger charge is 2.48. The van der Waals surface area contributed by atoms with Crippen LogP contribution in [0, 0.1) is 10.8 Å². The molecule has 2 aliphatic rings. The Morgan fingerprint density at radius 2 is 1.59 bits per heavy atom. The number of allylic oxidation sites excluding steroid dienone is 3. The van der Waals surface area contributed by atoms with Crippen LogP contribution in [0.2, 0.25) is 0 Å². The van der Waals surface area contributed by atoms with E-state index in [-0.39, 0.29) is 16.2 Å². The lowest BCUT2D eigenvalue weighted by Crippen LogP contribution is -2.49. The summed E-state index contributed by atoms with van der Waals surface area (Å²) in [6.45, 7) is 22.7. The maximum absolute atomic E-state index is 4.84. The molecule has 0 bridgehead atoms. The van der Waals surface area contributed by atoms with Gasteiger partial charge in [0.1, 0.15) is 0 Å². The van der Waals surface area contributed by atoms with Crippen molar-refractivity contribution in [3.63, 3.8) is 0 Å². The molecule has 2 aromatic rings. The zero-order chi connectivity index (χ0) is 26.7. The van der Waals surface area contributed by atoms with Crippen LogP contribution in [-0.2, 0) is 5.41 Å². The van der Waals surface area contributed by atoms with E-state index in [1.165, 1.54) is 28.0 Å². The number of nitrogens with zero attached hydrogens (tertiary/aromatic N) is 1. The molecule has 4 rings (SSSR count). The van der Waals surface area contributed by atoms with Gasteiger partial charge in [0.25, 0.3) is 0 Å². The Labute approximate surface area is 226 Å². The Morgan fingerprint density at radius 1 is 0.946 bits per heavy atom. The summed E-state index contributed by atoms with van der Waals surface area (Å²) in [5.41, 5.74) is 8.52. The molecule has 0 saturated carbocycles. The van der Waals surface area contributed by atoms with Crippen molar-refractivity contribution in [1.29, 1.82) is 0 Å². The fraction of sp³-hybridized carbons (Fsp3) is 0.444. The first-order valence-electron chi connectivity index (χ1n) is 14.4. The van der Waals surface area contributed by atoms with Crippen LogP contribution in [0.5, 0.6) is 0 Å². The summed E-state index contributed by atoms with van der Waals surface area (Å²) in [6, 6.07) is 20.1. The van der Waals surface area contributed by atoms with Gasteiger partial charge in [-0.15, -0.1) is 0 Å². The van der Waals surface area contributed by atoms with Gasteiger partial charge in [0.2, 0.25) is 0 Å². The van der Waals surface area contributed by atoms with Crippen LogP contribution in [0.3, 0.4) is 0 Å². The first kappa shape index (κ1) is 27.2. The van der Waals surface area contributed by atoms with Gasteiger partial charge in [0, 0.05) is 35.0 Å². The number of rotatable bonds is 10. The first-order chi connectivity index (χ1) is 17.8. The largest absolute Gasteiger partial charge is 0.370 e. The Balaban J connectivity index is 1.70. The number of fused-ring (bicyclic) bond motifs is 1. The summed E-state index contributed by atoms with van der Waals surface area (Å²) >= 11 is 0. The molecule has 1 nitrogen and oxygen atoms in total. The molecule has 2 atom stereocenters. The van der Waals surface area contributed by atoms with Crippen molar-refractivity contribution in [3.8, 4) is 0 Å². The van der Waals surface area contributed by atoms with Gasteiger partial charge in [0.15, 0.2) is 0 Å². The smallest absolute Gasteiger partial charge is 0.0360 e. The third-order valence-corrected chi connectivity index (χ3v) is 9.43. The van der Waals surface area contributed by atoms with Crippen molar-refractivity contribution in [2.75, 3.05) is 13.1 Å². The highest BCUT2D eigenvalue weighted by atomic mass is 15.2. The zero-order valence-corrected chi connectivity index (χ0v) is 23.9. The summed E-state index contributed by atoms with van der Waals surface area (Å²) < 4.78 is 0. The van der Waals surface area contributed by atoms with Gasteiger partial charge >= 0.3 is 0 Å². The molecular formula is C36H47N. The summed E-state index contributed by atoms with van der Waals surface area (Å²) in [7, 11) is 0. The fourth-order valence-electron chi connectivity index (χ4n) is 7.39. The van der Waals surface area contributed by atoms with Gasteiger partial charge in [-0.2, -0.15) is 0 Å². The minimum atomic E-state index is 0.00306. The van der Waals surface area contributed by atoms with E-state index in [0.717, 1.165) is 51.6 Å². The van der Waals surface area contributed by atoms with E-state index in [1.54, 1.807) is 5.57 Å². The third kappa shape index (κ3) is 4.78. The summed E-state index contributed by atoms with van der Waals surface area (Å²) in [5.74, 6) is 0. The van der Waals surface area contributed by atoms with E-state index in [2.05, 4.69) is 113 Å². The highest BCUT2D eigenvalue weighted by molar-refractivity contribution is 5.76. The maximum Gasteiger partial charge on any atom is 0.0360 e. The van der Waals surface area contributed by atoms with Crippen molar-refractivity contribution < 1.29 is 0 Å². The molecule has 0 amide bonds. The van der Waals surface area contributed by atoms with Crippen LogP contribution >= 0.6 is 0 Å². The molecule has 2 aromatic carbocycles. The van der Waals surface area contributed by atoms with E-state index >= 15 is 0 Å². The summed E-state index contributed by atoms with van der Waals surface area (Å²) in [4.78, 5) is 2.62. The van der Waals surface area contributed by atoms with Crippen LogP contribution in [0.1, 0.15) is 89.8 Å². The van der Waals surface area contributed by atoms with Gasteiger partial charge in [-0.25, -0.2) is 0 Å². The molecule has 37 heavy (non-hydrogen) atoms. The maximum atomic E-state index is 4.84. The van der Waals surface area contributed by atoms with Crippen LogP contribution < -0.4 is 0 Å². The van der Waals surface area contributed by atoms with E-state index in [1.807, 2.05) is 6.08 Å².